The molecule has 2 bridgehead atoms. The quantitative estimate of drug-likeness (QED) is 0.522. The lowest BCUT2D eigenvalue weighted by molar-refractivity contribution is 0.212. The van der Waals surface area contributed by atoms with Crippen LogP contribution in [0.4, 0.5) is 10.2 Å². The number of likely N-dealkylation sites (N-methyl/N-ethyl adjacent to an activating group) is 1. The number of pyridine rings is 1. The minimum atomic E-state index is -0.499. The zero-order chi connectivity index (χ0) is 22.7. The zero-order valence-electron chi connectivity index (χ0n) is 18.5. The highest BCUT2D eigenvalue weighted by atomic mass is 19.1. The lowest BCUT2D eigenvalue weighted by Crippen LogP contribution is -2.52. The molecule has 1 N–H and O–H groups in total. The molecule has 6 rings (SSSR count). The van der Waals surface area contributed by atoms with Crippen LogP contribution in [0, 0.1) is 12.7 Å². The summed E-state index contributed by atoms with van der Waals surface area (Å²) in [6.07, 6.45) is 4.27. The first-order valence-corrected chi connectivity index (χ1v) is 11.2. The molecule has 2 saturated heterocycles. The van der Waals surface area contributed by atoms with Gasteiger partial charge in [0.2, 0.25) is 0 Å². The van der Waals surface area contributed by atoms with Gasteiger partial charge in [-0.25, -0.2) is 9.37 Å². The van der Waals surface area contributed by atoms with E-state index in [2.05, 4.69) is 32.1 Å². The number of anilines is 1. The van der Waals surface area contributed by atoms with Crippen LogP contribution < -0.4 is 10.5 Å². The molecule has 2 unspecified atom stereocenters. The summed E-state index contributed by atoms with van der Waals surface area (Å²) in [5, 5.41) is 11.7. The summed E-state index contributed by atoms with van der Waals surface area (Å²) >= 11 is 0. The highest BCUT2D eigenvalue weighted by Gasteiger charge is 2.37. The van der Waals surface area contributed by atoms with Crippen LogP contribution in [0.3, 0.4) is 0 Å². The van der Waals surface area contributed by atoms with Crippen molar-refractivity contribution in [1.29, 1.82) is 0 Å². The van der Waals surface area contributed by atoms with E-state index in [1.54, 1.807) is 25.3 Å². The van der Waals surface area contributed by atoms with Crippen molar-refractivity contribution in [1.82, 2.24) is 29.9 Å². The molecule has 33 heavy (non-hydrogen) atoms. The normalized spacial score (nSPS) is 20.6. The number of aryl methyl sites for hydroxylation is 1. The SMILES string of the molecule is Cc1cccc(F)c1-n1nc2c(-c3ccc(N4CC5CCC(C4)N5C)nc3)n[nH]c2cc1=O. The molecule has 2 aliphatic heterocycles. The molecule has 0 spiro atoms. The van der Waals surface area contributed by atoms with Gasteiger partial charge < -0.3 is 4.90 Å². The lowest BCUT2D eigenvalue weighted by Gasteiger charge is -2.39. The largest absolute Gasteiger partial charge is 0.353 e. The average molecular weight is 446 g/mol. The van der Waals surface area contributed by atoms with Gasteiger partial charge >= 0.3 is 0 Å². The summed E-state index contributed by atoms with van der Waals surface area (Å²) < 4.78 is 15.6. The van der Waals surface area contributed by atoms with Crippen LogP contribution >= 0.6 is 0 Å². The minimum Gasteiger partial charge on any atom is -0.353 e. The fourth-order valence-electron chi connectivity index (χ4n) is 5.15. The van der Waals surface area contributed by atoms with Crippen LogP contribution in [0.5, 0.6) is 0 Å². The molecule has 0 saturated carbocycles. The summed E-state index contributed by atoms with van der Waals surface area (Å²) in [6, 6.07) is 11.2. The Labute approximate surface area is 189 Å². The van der Waals surface area contributed by atoms with E-state index in [1.807, 2.05) is 12.1 Å². The van der Waals surface area contributed by atoms with Crippen LogP contribution in [0.15, 0.2) is 47.4 Å². The molecule has 9 heteroatoms. The fraction of sp³-hybridized carbons (Fsp3) is 0.333. The van der Waals surface area contributed by atoms with Crippen molar-refractivity contribution in [3.05, 3.63) is 64.3 Å². The number of H-pyrrole nitrogens is 1. The van der Waals surface area contributed by atoms with Crippen LogP contribution in [0.2, 0.25) is 0 Å². The van der Waals surface area contributed by atoms with Gasteiger partial charge in [-0.3, -0.25) is 14.8 Å². The van der Waals surface area contributed by atoms with Gasteiger partial charge in [-0.15, -0.1) is 0 Å². The van der Waals surface area contributed by atoms with Gasteiger partial charge in [-0.05, 0) is 50.6 Å². The Hall–Kier alpha value is -3.59. The van der Waals surface area contributed by atoms with Crippen LogP contribution in [-0.4, -0.2) is 62.1 Å². The van der Waals surface area contributed by atoms with Gasteiger partial charge in [0.25, 0.3) is 5.56 Å². The van der Waals surface area contributed by atoms with Gasteiger partial charge in [0.1, 0.15) is 28.5 Å². The predicted octanol–water partition coefficient (Wildman–Crippen LogP) is 2.90. The van der Waals surface area contributed by atoms with Crippen molar-refractivity contribution in [3.8, 4) is 16.9 Å². The monoisotopic (exact) mass is 445 g/mol. The van der Waals surface area contributed by atoms with Gasteiger partial charge in [-0.1, -0.05) is 12.1 Å². The van der Waals surface area contributed by atoms with Crippen molar-refractivity contribution < 1.29 is 4.39 Å². The second kappa shape index (κ2) is 7.48. The topological polar surface area (TPSA) is 82.9 Å². The van der Waals surface area contributed by atoms with E-state index in [1.165, 1.54) is 25.0 Å². The van der Waals surface area contributed by atoms with Crippen molar-refractivity contribution >= 4 is 16.9 Å². The third kappa shape index (κ3) is 3.22. The number of fused-ring (bicyclic) bond motifs is 3. The Morgan fingerprint density at radius 3 is 2.61 bits per heavy atom. The van der Waals surface area contributed by atoms with E-state index in [9.17, 15) is 9.18 Å². The second-order valence-electron chi connectivity index (χ2n) is 8.99. The lowest BCUT2D eigenvalue weighted by atomic mass is 10.1. The number of nitrogens with zero attached hydrogens (tertiary/aromatic N) is 6. The van der Waals surface area contributed by atoms with Crippen molar-refractivity contribution in [2.24, 2.45) is 0 Å². The number of nitrogens with one attached hydrogen (secondary N) is 1. The summed E-state index contributed by atoms with van der Waals surface area (Å²) in [7, 11) is 2.22. The van der Waals surface area contributed by atoms with E-state index in [0.717, 1.165) is 29.2 Å². The first-order chi connectivity index (χ1) is 16.0. The maximum absolute atomic E-state index is 14.5. The van der Waals surface area contributed by atoms with E-state index in [-0.39, 0.29) is 5.69 Å². The molecule has 8 nitrogen and oxygen atoms in total. The van der Waals surface area contributed by atoms with Crippen LogP contribution in [0.1, 0.15) is 18.4 Å². The third-order valence-electron chi connectivity index (χ3n) is 7.04. The number of rotatable bonds is 3. The Morgan fingerprint density at radius 1 is 1.12 bits per heavy atom. The third-order valence-corrected chi connectivity index (χ3v) is 7.04. The van der Waals surface area contributed by atoms with Crippen molar-refractivity contribution in [2.75, 3.05) is 25.0 Å². The van der Waals surface area contributed by atoms with Gasteiger partial charge in [0, 0.05) is 43.0 Å². The average Bonchev–Trinajstić information content (AvgIpc) is 3.28. The summed E-state index contributed by atoms with van der Waals surface area (Å²) in [5.74, 6) is 0.455. The summed E-state index contributed by atoms with van der Waals surface area (Å²) in [4.78, 5) is 22.2. The zero-order valence-corrected chi connectivity index (χ0v) is 18.5. The summed E-state index contributed by atoms with van der Waals surface area (Å²) in [5.41, 5.74) is 2.69. The summed E-state index contributed by atoms with van der Waals surface area (Å²) in [6.45, 7) is 3.72. The number of piperazine rings is 1. The van der Waals surface area contributed by atoms with E-state index in [4.69, 9.17) is 4.98 Å². The van der Waals surface area contributed by atoms with Crippen LogP contribution in [-0.2, 0) is 0 Å². The predicted molar refractivity (Wildman–Crippen MR) is 124 cm³/mol. The molecule has 2 fully saturated rings. The smallest absolute Gasteiger partial charge is 0.273 e. The molecular weight excluding hydrogens is 421 g/mol. The Morgan fingerprint density at radius 2 is 1.91 bits per heavy atom. The Balaban J connectivity index is 1.37. The number of hydrogen-bond acceptors (Lipinski definition) is 6. The molecular formula is C24H24FN7O. The molecule has 1 aromatic carbocycles. The molecule has 2 atom stereocenters. The van der Waals surface area contributed by atoms with E-state index >= 15 is 0 Å². The van der Waals surface area contributed by atoms with Crippen molar-refractivity contribution in [3.63, 3.8) is 0 Å². The molecule has 0 radical (unpaired) electrons. The number of aromatic amines is 1. The number of para-hydroxylation sites is 1. The van der Waals surface area contributed by atoms with Crippen molar-refractivity contribution in [2.45, 2.75) is 31.8 Å². The van der Waals surface area contributed by atoms with Gasteiger partial charge in [-0.2, -0.15) is 14.9 Å². The Kier molecular flexibility index (Phi) is 4.55. The first-order valence-electron chi connectivity index (χ1n) is 11.2. The second-order valence-corrected chi connectivity index (χ2v) is 8.99. The van der Waals surface area contributed by atoms with Crippen LogP contribution in [0.25, 0.3) is 28.0 Å². The first kappa shape index (κ1) is 20.0. The molecule has 4 aromatic rings. The number of aromatic nitrogens is 5. The molecule has 2 aliphatic rings. The molecule has 3 aromatic heterocycles. The molecule has 5 heterocycles. The van der Waals surface area contributed by atoms with E-state index in [0.29, 0.717) is 34.4 Å². The highest BCUT2D eigenvalue weighted by molar-refractivity contribution is 5.89. The molecule has 168 valence electrons. The molecule has 0 aliphatic carbocycles. The Bertz CT molecular complexity index is 1380. The maximum Gasteiger partial charge on any atom is 0.273 e. The fourth-order valence-corrected chi connectivity index (χ4v) is 5.15. The minimum absolute atomic E-state index is 0.148. The standard InChI is InChI=1S/C24H24FN7O/c1-14-4-3-5-18(25)24(14)32-21(33)10-19-23(29-32)22(28-27-19)15-6-9-20(26-11-15)31-12-16-7-8-17(13-31)30(16)2/h3-6,9-11,16-17,27H,7-8,12-13H2,1-2H3. The van der Waals surface area contributed by atoms with Gasteiger partial charge in [0.15, 0.2) is 0 Å². The van der Waals surface area contributed by atoms with E-state index < -0.39 is 11.4 Å². The highest BCUT2D eigenvalue weighted by Crippen LogP contribution is 2.31. The van der Waals surface area contributed by atoms with Gasteiger partial charge in [0.05, 0.1) is 5.52 Å². The number of halogens is 1. The molecule has 0 amide bonds. The number of hydrogen-bond donors (Lipinski definition) is 1. The number of benzene rings is 1. The maximum atomic E-state index is 14.5.